The fraction of sp³-hybridized carbons (Fsp3) is 0.294. The van der Waals surface area contributed by atoms with Crippen LogP contribution < -0.4 is 4.74 Å². The average molecular weight is 396 g/mol. The molecule has 0 fully saturated rings. The Balaban J connectivity index is 1.91. The molecule has 3 rings (SSSR count). The molecule has 1 heterocycles. The highest BCUT2D eigenvalue weighted by atomic mass is 79.9. The van der Waals surface area contributed by atoms with E-state index in [1.165, 1.54) is 16.7 Å². The Kier molecular flexibility index (Phi) is 4.47. The molecule has 1 aliphatic rings. The zero-order valence-corrected chi connectivity index (χ0v) is 14.3. The summed E-state index contributed by atoms with van der Waals surface area (Å²) in [7, 11) is 0. The van der Waals surface area contributed by atoms with Crippen LogP contribution in [0.4, 0.5) is 0 Å². The molecule has 3 heteroatoms. The quantitative estimate of drug-likeness (QED) is 0.654. The predicted molar refractivity (Wildman–Crippen MR) is 90.0 cm³/mol. The Morgan fingerprint density at radius 1 is 1.15 bits per heavy atom. The summed E-state index contributed by atoms with van der Waals surface area (Å²) in [5.41, 5.74) is 4.01. The summed E-state index contributed by atoms with van der Waals surface area (Å²) >= 11 is 7.27. The summed E-state index contributed by atoms with van der Waals surface area (Å²) in [4.78, 5) is 0. The molecule has 1 nitrogen and oxygen atoms in total. The molecule has 0 aromatic heterocycles. The van der Waals surface area contributed by atoms with Crippen molar-refractivity contribution in [1.29, 1.82) is 0 Å². The number of alkyl halides is 1. The van der Waals surface area contributed by atoms with Gasteiger partial charge in [-0.1, -0.05) is 62.2 Å². The highest BCUT2D eigenvalue weighted by molar-refractivity contribution is 9.10. The predicted octanol–water partition coefficient (Wildman–Crippen LogP) is 5.11. The molecule has 0 saturated carbocycles. The first-order valence-electron chi connectivity index (χ1n) is 6.83. The SMILES string of the molecule is BrCC(Cc1cc(Br)cc2c1OCC2)c1ccccc1. The summed E-state index contributed by atoms with van der Waals surface area (Å²) < 4.78 is 6.98. The number of halogens is 2. The highest BCUT2D eigenvalue weighted by Crippen LogP contribution is 2.36. The van der Waals surface area contributed by atoms with Crippen molar-refractivity contribution < 1.29 is 4.74 Å². The van der Waals surface area contributed by atoms with Crippen molar-refractivity contribution >= 4 is 31.9 Å². The number of fused-ring (bicyclic) bond motifs is 1. The number of ether oxygens (including phenoxy) is 1. The average Bonchev–Trinajstić information content (AvgIpc) is 2.93. The van der Waals surface area contributed by atoms with Gasteiger partial charge in [0.2, 0.25) is 0 Å². The fourth-order valence-electron chi connectivity index (χ4n) is 2.75. The lowest BCUT2D eigenvalue weighted by atomic mass is 9.92. The van der Waals surface area contributed by atoms with Gasteiger partial charge in [-0.05, 0) is 41.2 Å². The Hall–Kier alpha value is -0.800. The van der Waals surface area contributed by atoms with E-state index in [-0.39, 0.29) is 0 Å². The van der Waals surface area contributed by atoms with E-state index in [1.54, 1.807) is 0 Å². The monoisotopic (exact) mass is 394 g/mol. The highest BCUT2D eigenvalue weighted by Gasteiger charge is 2.20. The third kappa shape index (κ3) is 2.94. The molecule has 0 radical (unpaired) electrons. The summed E-state index contributed by atoms with van der Waals surface area (Å²) in [6, 6.07) is 15.0. The smallest absolute Gasteiger partial charge is 0.125 e. The zero-order chi connectivity index (χ0) is 13.9. The molecule has 1 aliphatic heterocycles. The second-order valence-corrected chi connectivity index (χ2v) is 6.68. The van der Waals surface area contributed by atoms with Crippen molar-refractivity contribution in [3.05, 3.63) is 63.6 Å². The summed E-state index contributed by atoms with van der Waals surface area (Å²) in [6.07, 6.45) is 2.02. The summed E-state index contributed by atoms with van der Waals surface area (Å²) in [5, 5.41) is 0.957. The van der Waals surface area contributed by atoms with Crippen LogP contribution >= 0.6 is 31.9 Å². The number of hydrogen-bond acceptors (Lipinski definition) is 1. The third-order valence-electron chi connectivity index (χ3n) is 3.75. The van der Waals surface area contributed by atoms with Crippen LogP contribution in [-0.2, 0) is 12.8 Å². The standard InChI is InChI=1S/C17H16Br2O/c18-11-15(12-4-2-1-3-5-12)8-14-10-16(19)9-13-6-7-20-17(13)14/h1-5,9-10,15H,6-8,11H2. The third-order valence-corrected chi connectivity index (χ3v) is 4.99. The Morgan fingerprint density at radius 2 is 1.95 bits per heavy atom. The van der Waals surface area contributed by atoms with Gasteiger partial charge < -0.3 is 4.74 Å². The zero-order valence-electron chi connectivity index (χ0n) is 11.1. The minimum atomic E-state index is 0.471. The molecule has 1 unspecified atom stereocenters. The van der Waals surface area contributed by atoms with Gasteiger partial charge in [0.05, 0.1) is 6.61 Å². The summed E-state index contributed by atoms with van der Waals surface area (Å²) in [5.74, 6) is 1.58. The minimum Gasteiger partial charge on any atom is -0.493 e. The van der Waals surface area contributed by atoms with Crippen LogP contribution in [0, 0.1) is 0 Å². The van der Waals surface area contributed by atoms with Crippen molar-refractivity contribution in [2.24, 2.45) is 0 Å². The van der Waals surface area contributed by atoms with Gasteiger partial charge in [-0.25, -0.2) is 0 Å². The van der Waals surface area contributed by atoms with Crippen LogP contribution in [0.3, 0.4) is 0 Å². The molecule has 104 valence electrons. The van der Waals surface area contributed by atoms with Gasteiger partial charge in [0.15, 0.2) is 0 Å². The molecular weight excluding hydrogens is 380 g/mol. The molecule has 20 heavy (non-hydrogen) atoms. The van der Waals surface area contributed by atoms with Crippen LogP contribution in [0.15, 0.2) is 46.9 Å². The van der Waals surface area contributed by atoms with Gasteiger partial charge in [-0.2, -0.15) is 0 Å². The van der Waals surface area contributed by atoms with E-state index in [0.29, 0.717) is 5.92 Å². The van der Waals surface area contributed by atoms with Crippen molar-refractivity contribution in [2.75, 3.05) is 11.9 Å². The van der Waals surface area contributed by atoms with Gasteiger partial charge in [-0.3, -0.25) is 0 Å². The maximum atomic E-state index is 5.83. The first kappa shape index (κ1) is 14.2. The lowest BCUT2D eigenvalue weighted by Gasteiger charge is -2.17. The molecule has 0 amide bonds. The summed E-state index contributed by atoms with van der Waals surface area (Å²) in [6.45, 7) is 0.809. The van der Waals surface area contributed by atoms with Crippen molar-refractivity contribution in [3.63, 3.8) is 0 Å². The van der Waals surface area contributed by atoms with Crippen molar-refractivity contribution in [2.45, 2.75) is 18.8 Å². The largest absolute Gasteiger partial charge is 0.493 e. The Morgan fingerprint density at radius 3 is 2.70 bits per heavy atom. The lowest BCUT2D eigenvalue weighted by Crippen LogP contribution is -2.05. The molecule has 0 aliphatic carbocycles. The van der Waals surface area contributed by atoms with Crippen molar-refractivity contribution in [3.8, 4) is 5.75 Å². The van der Waals surface area contributed by atoms with Gasteiger partial charge in [0, 0.05) is 16.2 Å². The lowest BCUT2D eigenvalue weighted by molar-refractivity contribution is 0.353. The number of rotatable bonds is 4. The van der Waals surface area contributed by atoms with E-state index in [4.69, 9.17) is 4.74 Å². The van der Waals surface area contributed by atoms with Crippen LogP contribution in [0.25, 0.3) is 0 Å². The van der Waals surface area contributed by atoms with Crippen LogP contribution in [-0.4, -0.2) is 11.9 Å². The van der Waals surface area contributed by atoms with E-state index in [0.717, 1.165) is 35.0 Å². The van der Waals surface area contributed by atoms with E-state index >= 15 is 0 Å². The molecule has 0 bridgehead atoms. The Bertz CT molecular complexity index is 595. The van der Waals surface area contributed by atoms with Crippen LogP contribution in [0.2, 0.25) is 0 Å². The molecule has 2 aromatic carbocycles. The van der Waals surface area contributed by atoms with E-state index in [1.807, 2.05) is 0 Å². The second kappa shape index (κ2) is 6.31. The molecule has 1 atom stereocenters. The van der Waals surface area contributed by atoms with Gasteiger partial charge in [0.25, 0.3) is 0 Å². The van der Waals surface area contributed by atoms with E-state index < -0.39 is 0 Å². The maximum absolute atomic E-state index is 5.83. The number of benzene rings is 2. The Labute approximate surface area is 136 Å². The molecular formula is C17H16Br2O. The van der Waals surface area contributed by atoms with E-state index in [2.05, 4.69) is 74.3 Å². The van der Waals surface area contributed by atoms with E-state index in [9.17, 15) is 0 Å². The van der Waals surface area contributed by atoms with Gasteiger partial charge >= 0.3 is 0 Å². The first-order valence-corrected chi connectivity index (χ1v) is 8.74. The van der Waals surface area contributed by atoms with Crippen LogP contribution in [0.5, 0.6) is 5.75 Å². The minimum absolute atomic E-state index is 0.471. The van der Waals surface area contributed by atoms with Gasteiger partial charge in [0.1, 0.15) is 5.75 Å². The molecule has 0 N–H and O–H groups in total. The molecule has 0 saturated heterocycles. The first-order chi connectivity index (χ1) is 9.78. The molecule has 0 spiro atoms. The molecule has 2 aromatic rings. The number of hydrogen-bond donors (Lipinski definition) is 0. The van der Waals surface area contributed by atoms with Gasteiger partial charge in [-0.15, -0.1) is 0 Å². The van der Waals surface area contributed by atoms with Crippen molar-refractivity contribution in [1.82, 2.24) is 0 Å². The second-order valence-electron chi connectivity index (χ2n) is 5.12. The topological polar surface area (TPSA) is 9.23 Å². The fourth-order valence-corrected chi connectivity index (χ4v) is 3.91. The van der Waals surface area contributed by atoms with Crippen LogP contribution in [0.1, 0.15) is 22.6 Å². The normalized spacial score (nSPS) is 14.7. The maximum Gasteiger partial charge on any atom is 0.125 e.